The molecule has 0 radical (unpaired) electrons. The Morgan fingerprint density at radius 2 is 1.93 bits per heavy atom. The van der Waals surface area contributed by atoms with Crippen molar-refractivity contribution in [3.63, 3.8) is 0 Å². The SMILES string of the molecule is C=CC(=O)N1CCN(c2nc(OCCN3CCCC3)nc3c2CCC(N2CCCc4ccc(C(F)(F)F)cc42)C3)C[C@@H]1CC#N. The lowest BCUT2D eigenvalue weighted by atomic mass is 9.88. The molecule has 0 N–H and O–H groups in total. The maximum atomic E-state index is 13.7. The van der Waals surface area contributed by atoms with Crippen LogP contribution in [0.15, 0.2) is 30.9 Å². The molecule has 3 aliphatic heterocycles. The molecule has 4 heterocycles. The quantitative estimate of drug-likeness (QED) is 0.400. The first-order chi connectivity index (χ1) is 21.7. The van der Waals surface area contributed by atoms with E-state index in [0.29, 0.717) is 57.3 Å². The molecule has 9 nitrogen and oxygen atoms in total. The largest absolute Gasteiger partial charge is 0.462 e. The Labute approximate surface area is 262 Å². The molecule has 4 aliphatic rings. The van der Waals surface area contributed by atoms with Gasteiger partial charge in [-0.15, -0.1) is 0 Å². The Balaban J connectivity index is 1.29. The normalized spacial score (nSPS) is 22.0. The van der Waals surface area contributed by atoms with Crippen molar-refractivity contribution in [1.29, 1.82) is 5.26 Å². The Morgan fingerprint density at radius 3 is 2.69 bits per heavy atom. The number of hydrogen-bond acceptors (Lipinski definition) is 8. The van der Waals surface area contributed by atoms with Gasteiger partial charge in [0, 0.05) is 56.4 Å². The van der Waals surface area contributed by atoms with Crippen molar-refractivity contribution in [2.75, 3.05) is 62.2 Å². The number of carbonyl (C=O) groups is 1. The number of anilines is 2. The lowest BCUT2D eigenvalue weighted by Crippen LogP contribution is -2.55. The van der Waals surface area contributed by atoms with Crippen molar-refractivity contribution in [2.24, 2.45) is 0 Å². The van der Waals surface area contributed by atoms with Crippen molar-refractivity contribution in [3.05, 3.63) is 53.2 Å². The molecule has 1 aliphatic carbocycles. The van der Waals surface area contributed by atoms with Gasteiger partial charge in [0.25, 0.3) is 0 Å². The smallest absolute Gasteiger partial charge is 0.416 e. The van der Waals surface area contributed by atoms with E-state index >= 15 is 0 Å². The number of aryl methyl sites for hydroxylation is 1. The maximum absolute atomic E-state index is 13.7. The van der Waals surface area contributed by atoms with Gasteiger partial charge in [0.1, 0.15) is 12.4 Å². The van der Waals surface area contributed by atoms with Gasteiger partial charge in [0.2, 0.25) is 5.91 Å². The highest BCUT2D eigenvalue weighted by Crippen LogP contribution is 2.39. The number of nitriles is 1. The number of carbonyl (C=O) groups excluding carboxylic acids is 1. The second kappa shape index (κ2) is 13.3. The van der Waals surface area contributed by atoms with Crippen molar-refractivity contribution < 1.29 is 22.7 Å². The molecule has 12 heteroatoms. The Bertz CT molecular complexity index is 1450. The summed E-state index contributed by atoms with van der Waals surface area (Å²) in [7, 11) is 0. The zero-order valence-electron chi connectivity index (χ0n) is 25.6. The molecule has 0 spiro atoms. The first-order valence-electron chi connectivity index (χ1n) is 16.0. The number of halogens is 3. The average Bonchev–Trinajstić information content (AvgIpc) is 3.56. The van der Waals surface area contributed by atoms with Gasteiger partial charge >= 0.3 is 12.2 Å². The minimum atomic E-state index is -4.40. The van der Waals surface area contributed by atoms with Crippen LogP contribution >= 0.6 is 0 Å². The van der Waals surface area contributed by atoms with Crippen LogP contribution in [0.1, 0.15) is 54.5 Å². The molecule has 2 atom stereocenters. The first-order valence-corrected chi connectivity index (χ1v) is 16.0. The monoisotopic (exact) mass is 623 g/mol. The van der Waals surface area contributed by atoms with E-state index in [4.69, 9.17) is 14.7 Å². The van der Waals surface area contributed by atoms with Crippen LogP contribution in [-0.2, 0) is 30.2 Å². The van der Waals surface area contributed by atoms with Crippen LogP contribution in [0.2, 0.25) is 0 Å². The van der Waals surface area contributed by atoms with Crippen molar-refractivity contribution >= 4 is 17.4 Å². The highest BCUT2D eigenvalue weighted by molar-refractivity contribution is 5.87. The number of amides is 1. The third-order valence-corrected chi connectivity index (χ3v) is 9.62. The summed E-state index contributed by atoms with van der Waals surface area (Å²) in [6.45, 7) is 9.12. The Morgan fingerprint density at radius 1 is 1.11 bits per heavy atom. The minimum Gasteiger partial charge on any atom is -0.462 e. The maximum Gasteiger partial charge on any atom is 0.416 e. The number of likely N-dealkylation sites (tertiary alicyclic amines) is 1. The third kappa shape index (κ3) is 6.73. The lowest BCUT2D eigenvalue weighted by molar-refractivity contribution is -0.137. The molecule has 0 saturated carbocycles. The van der Waals surface area contributed by atoms with Gasteiger partial charge in [-0.05, 0) is 75.4 Å². The van der Waals surface area contributed by atoms with Crippen molar-refractivity contribution in [2.45, 2.75) is 69.6 Å². The van der Waals surface area contributed by atoms with Crippen LogP contribution in [-0.4, -0.2) is 90.2 Å². The predicted molar refractivity (Wildman–Crippen MR) is 164 cm³/mol. The molecule has 45 heavy (non-hydrogen) atoms. The van der Waals surface area contributed by atoms with E-state index in [-0.39, 0.29) is 24.4 Å². The summed E-state index contributed by atoms with van der Waals surface area (Å²) in [5, 5.41) is 9.51. The number of hydrogen-bond donors (Lipinski definition) is 0. The van der Waals surface area contributed by atoms with Crippen molar-refractivity contribution in [1.82, 2.24) is 19.8 Å². The van der Waals surface area contributed by atoms with Gasteiger partial charge in [-0.25, -0.2) is 0 Å². The third-order valence-electron chi connectivity index (χ3n) is 9.62. The highest BCUT2D eigenvalue weighted by Gasteiger charge is 2.37. The molecule has 6 rings (SSSR count). The number of piperazine rings is 1. The van der Waals surface area contributed by atoms with E-state index in [2.05, 4.69) is 27.3 Å². The summed E-state index contributed by atoms with van der Waals surface area (Å²) in [5.74, 6) is 0.575. The molecule has 2 aromatic rings. The highest BCUT2D eigenvalue weighted by atomic mass is 19.4. The minimum absolute atomic E-state index is 0.00590. The van der Waals surface area contributed by atoms with E-state index in [0.717, 1.165) is 61.5 Å². The second-order valence-electron chi connectivity index (χ2n) is 12.4. The van der Waals surface area contributed by atoms with E-state index in [9.17, 15) is 23.2 Å². The summed E-state index contributed by atoms with van der Waals surface area (Å²) in [6.07, 6.45) is 3.10. The molecule has 1 aromatic carbocycles. The summed E-state index contributed by atoms with van der Waals surface area (Å²) >= 11 is 0. The number of rotatable bonds is 8. The zero-order valence-corrected chi connectivity index (χ0v) is 25.6. The Kier molecular flexibility index (Phi) is 9.17. The number of aromatic nitrogens is 2. The first kappa shape index (κ1) is 31.1. The summed E-state index contributed by atoms with van der Waals surface area (Å²) in [6, 6.07) is 6.32. The second-order valence-corrected chi connectivity index (χ2v) is 12.4. The van der Waals surface area contributed by atoms with E-state index < -0.39 is 11.7 Å². The lowest BCUT2D eigenvalue weighted by Gasteiger charge is -2.43. The molecule has 2 fully saturated rings. The van der Waals surface area contributed by atoms with Crippen molar-refractivity contribution in [3.8, 4) is 12.1 Å². The standard InChI is InChI=1S/C33H40F3N7O2/c1-2-30(44)43-17-16-41(22-26(43)11-12-37)31-27-10-9-25(21-28(27)38-32(39-31)45-19-18-40-13-3-4-14-40)42-15-5-6-23-7-8-24(20-29(23)42)33(34,35)36/h2,7-8,20,25-26H,1,3-6,9-11,13-19,21-22H2/t25?,26-/m0/s1. The van der Waals surface area contributed by atoms with Crippen LogP contribution in [0.3, 0.4) is 0 Å². The van der Waals surface area contributed by atoms with Crippen LogP contribution < -0.4 is 14.5 Å². The van der Waals surface area contributed by atoms with E-state index in [1.165, 1.54) is 31.1 Å². The van der Waals surface area contributed by atoms with Crippen LogP contribution in [0.5, 0.6) is 6.01 Å². The topological polar surface area (TPSA) is 88.8 Å². The number of benzene rings is 1. The fourth-order valence-electron chi connectivity index (χ4n) is 7.31. The van der Waals surface area contributed by atoms with Gasteiger partial charge in [-0.2, -0.15) is 28.4 Å². The number of ether oxygens (including phenoxy) is 1. The number of alkyl halides is 3. The fraction of sp³-hybridized carbons (Fsp3) is 0.576. The molecule has 1 aromatic heterocycles. The molecular formula is C33H40F3N7O2. The van der Waals surface area contributed by atoms with Gasteiger partial charge in [0.15, 0.2) is 0 Å². The summed E-state index contributed by atoms with van der Waals surface area (Å²) in [4.78, 5) is 30.7. The van der Waals surface area contributed by atoms with Gasteiger partial charge in [-0.1, -0.05) is 12.6 Å². The molecular weight excluding hydrogens is 583 g/mol. The number of fused-ring (bicyclic) bond motifs is 2. The van der Waals surface area contributed by atoms with Crippen LogP contribution in [0.25, 0.3) is 0 Å². The molecule has 240 valence electrons. The molecule has 0 bridgehead atoms. The predicted octanol–water partition coefficient (Wildman–Crippen LogP) is 4.40. The van der Waals surface area contributed by atoms with Crippen LogP contribution in [0.4, 0.5) is 24.7 Å². The average molecular weight is 624 g/mol. The van der Waals surface area contributed by atoms with E-state index in [1.807, 2.05) is 0 Å². The zero-order chi connectivity index (χ0) is 31.6. The Hall–Kier alpha value is -3.85. The van der Waals surface area contributed by atoms with E-state index in [1.54, 1.807) is 11.0 Å². The summed E-state index contributed by atoms with van der Waals surface area (Å²) in [5.41, 5.74) is 2.86. The summed E-state index contributed by atoms with van der Waals surface area (Å²) < 4.78 is 47.1. The van der Waals surface area contributed by atoms with Gasteiger partial charge in [0.05, 0.1) is 29.8 Å². The molecule has 1 unspecified atom stereocenters. The molecule has 2 saturated heterocycles. The van der Waals surface area contributed by atoms with Gasteiger partial charge in [-0.3, -0.25) is 9.69 Å². The van der Waals surface area contributed by atoms with Gasteiger partial charge < -0.3 is 19.4 Å². The fourth-order valence-corrected chi connectivity index (χ4v) is 7.31. The number of nitrogens with zero attached hydrogens (tertiary/aromatic N) is 7. The molecule has 1 amide bonds. The van der Waals surface area contributed by atoms with Crippen LogP contribution in [0, 0.1) is 11.3 Å².